The number of fused-ring (bicyclic) bond motifs is 2. The summed E-state index contributed by atoms with van der Waals surface area (Å²) in [6.07, 6.45) is 5.63. The predicted octanol–water partition coefficient (Wildman–Crippen LogP) is 3.22. The van der Waals surface area contributed by atoms with Gasteiger partial charge in [0.1, 0.15) is 0 Å². The Hall–Kier alpha value is -2.62. The van der Waals surface area contributed by atoms with Gasteiger partial charge in [0.2, 0.25) is 0 Å². The van der Waals surface area contributed by atoms with Crippen molar-refractivity contribution in [3.05, 3.63) is 60.0 Å². The van der Waals surface area contributed by atoms with Crippen LogP contribution in [0, 0.1) is 0 Å². The van der Waals surface area contributed by atoms with E-state index in [2.05, 4.69) is 56.6 Å². The summed E-state index contributed by atoms with van der Waals surface area (Å²) in [6.45, 7) is 0. The van der Waals surface area contributed by atoms with E-state index in [0.29, 0.717) is 0 Å². The van der Waals surface area contributed by atoms with Crippen molar-refractivity contribution in [3.8, 4) is 0 Å². The number of aryl methyl sites for hydroxylation is 2. The molecule has 0 spiro atoms. The first-order chi connectivity index (χ1) is 9.88. The van der Waals surface area contributed by atoms with E-state index < -0.39 is 0 Å². The quantitative estimate of drug-likeness (QED) is 0.595. The number of imidazole rings is 1. The van der Waals surface area contributed by atoms with Crippen LogP contribution in [-0.4, -0.2) is 20.2 Å². The van der Waals surface area contributed by atoms with Crippen LogP contribution in [0.5, 0.6) is 0 Å². The summed E-state index contributed by atoms with van der Waals surface area (Å²) >= 11 is 0. The lowest BCUT2D eigenvalue weighted by Gasteiger charge is -2.03. The molecule has 2 heterocycles. The first-order valence-electron chi connectivity index (χ1n) is 6.72. The minimum Gasteiger partial charge on any atom is -0.345 e. The van der Waals surface area contributed by atoms with Crippen molar-refractivity contribution in [1.29, 1.82) is 0 Å². The topological polar surface area (TPSA) is 57.4 Å². The molecule has 0 saturated carbocycles. The standard InChI is InChI=1S/C16H14N4/c1(11-3-5-13-9-19-20-15(13)7-11)2-12-4-6-14-16(8-12)18-10-17-14/h3-10H,1-2H2,(H,17,18)(H,19,20). The van der Waals surface area contributed by atoms with Crippen molar-refractivity contribution >= 4 is 21.9 Å². The van der Waals surface area contributed by atoms with Gasteiger partial charge in [-0.3, -0.25) is 5.10 Å². The molecule has 0 fully saturated rings. The zero-order chi connectivity index (χ0) is 13.4. The monoisotopic (exact) mass is 262 g/mol. The molecule has 4 aromatic rings. The molecule has 0 bridgehead atoms. The first-order valence-corrected chi connectivity index (χ1v) is 6.72. The molecule has 0 aliphatic heterocycles. The van der Waals surface area contributed by atoms with Gasteiger partial charge in [-0.15, -0.1) is 0 Å². The van der Waals surface area contributed by atoms with Gasteiger partial charge < -0.3 is 4.98 Å². The third-order valence-electron chi connectivity index (χ3n) is 3.69. The Morgan fingerprint density at radius 2 is 1.70 bits per heavy atom. The fourth-order valence-electron chi connectivity index (χ4n) is 2.57. The van der Waals surface area contributed by atoms with E-state index in [1.807, 2.05) is 6.20 Å². The average Bonchev–Trinajstić information content (AvgIpc) is 3.12. The second kappa shape index (κ2) is 4.49. The predicted molar refractivity (Wildman–Crippen MR) is 79.6 cm³/mol. The van der Waals surface area contributed by atoms with Gasteiger partial charge in [-0.05, 0) is 42.2 Å². The highest BCUT2D eigenvalue weighted by molar-refractivity contribution is 5.78. The van der Waals surface area contributed by atoms with E-state index in [0.717, 1.165) is 34.8 Å². The van der Waals surface area contributed by atoms with Crippen LogP contribution in [0.1, 0.15) is 11.1 Å². The second-order valence-electron chi connectivity index (χ2n) is 5.05. The lowest BCUT2D eigenvalue weighted by molar-refractivity contribution is 0.963. The molecule has 0 amide bonds. The van der Waals surface area contributed by atoms with Crippen molar-refractivity contribution < 1.29 is 0 Å². The summed E-state index contributed by atoms with van der Waals surface area (Å²) in [5, 5.41) is 8.23. The average molecular weight is 262 g/mol. The zero-order valence-corrected chi connectivity index (χ0v) is 10.9. The molecule has 2 aromatic carbocycles. The number of aromatic nitrogens is 4. The highest BCUT2D eigenvalue weighted by atomic mass is 15.1. The van der Waals surface area contributed by atoms with E-state index >= 15 is 0 Å². The Labute approximate surface area is 115 Å². The highest BCUT2D eigenvalue weighted by Crippen LogP contribution is 2.16. The van der Waals surface area contributed by atoms with Gasteiger partial charge >= 0.3 is 0 Å². The zero-order valence-electron chi connectivity index (χ0n) is 10.9. The number of hydrogen-bond acceptors (Lipinski definition) is 2. The molecule has 0 saturated heterocycles. The first kappa shape index (κ1) is 11.2. The minimum atomic E-state index is 1.02. The van der Waals surface area contributed by atoms with Crippen LogP contribution in [-0.2, 0) is 12.8 Å². The molecule has 4 rings (SSSR count). The second-order valence-corrected chi connectivity index (χ2v) is 5.05. The van der Waals surface area contributed by atoms with Crippen LogP contribution in [0.25, 0.3) is 21.9 Å². The van der Waals surface area contributed by atoms with Crippen molar-refractivity contribution in [1.82, 2.24) is 20.2 Å². The van der Waals surface area contributed by atoms with Gasteiger partial charge in [-0.25, -0.2) is 4.98 Å². The van der Waals surface area contributed by atoms with E-state index in [4.69, 9.17) is 0 Å². The number of nitrogens with one attached hydrogen (secondary N) is 2. The number of nitrogens with zero attached hydrogens (tertiary/aromatic N) is 2. The number of H-pyrrole nitrogens is 2. The van der Waals surface area contributed by atoms with Crippen LogP contribution in [0.3, 0.4) is 0 Å². The maximum Gasteiger partial charge on any atom is 0.0931 e. The van der Waals surface area contributed by atoms with Crippen LogP contribution >= 0.6 is 0 Å². The number of rotatable bonds is 3. The Morgan fingerprint density at radius 3 is 2.60 bits per heavy atom. The highest BCUT2D eigenvalue weighted by Gasteiger charge is 2.01. The SMILES string of the molecule is c1nc2ccc(CCc3ccc4cn[nH]c4c3)cc2[nH]1. The maximum absolute atomic E-state index is 4.24. The molecular formula is C16H14N4. The minimum absolute atomic E-state index is 1.02. The van der Waals surface area contributed by atoms with Gasteiger partial charge in [-0.2, -0.15) is 5.10 Å². The Kier molecular flexibility index (Phi) is 2.52. The van der Waals surface area contributed by atoms with Crippen LogP contribution in [0.2, 0.25) is 0 Å². The van der Waals surface area contributed by atoms with E-state index in [-0.39, 0.29) is 0 Å². The van der Waals surface area contributed by atoms with E-state index in [1.165, 1.54) is 11.1 Å². The molecule has 2 aromatic heterocycles. The van der Waals surface area contributed by atoms with Crippen LogP contribution < -0.4 is 0 Å². The summed E-state index contributed by atoms with van der Waals surface area (Å²) in [5.41, 5.74) is 5.88. The van der Waals surface area contributed by atoms with Gasteiger partial charge in [0.05, 0.1) is 29.1 Å². The lowest BCUT2D eigenvalue weighted by Crippen LogP contribution is -1.91. The smallest absolute Gasteiger partial charge is 0.0931 e. The summed E-state index contributed by atoms with van der Waals surface area (Å²) < 4.78 is 0. The Balaban J connectivity index is 1.56. The molecule has 2 N–H and O–H groups in total. The Bertz CT molecular complexity index is 798. The molecule has 0 radical (unpaired) electrons. The van der Waals surface area contributed by atoms with Gasteiger partial charge in [0.15, 0.2) is 0 Å². The maximum atomic E-state index is 4.24. The Morgan fingerprint density at radius 1 is 0.900 bits per heavy atom. The molecule has 4 nitrogen and oxygen atoms in total. The van der Waals surface area contributed by atoms with Crippen molar-refractivity contribution in [2.75, 3.05) is 0 Å². The molecule has 0 atom stereocenters. The van der Waals surface area contributed by atoms with Gasteiger partial charge in [-0.1, -0.05) is 18.2 Å². The molecular weight excluding hydrogens is 248 g/mol. The molecule has 0 unspecified atom stereocenters. The fourth-order valence-corrected chi connectivity index (χ4v) is 2.57. The molecule has 98 valence electrons. The van der Waals surface area contributed by atoms with E-state index in [1.54, 1.807) is 6.33 Å². The molecule has 20 heavy (non-hydrogen) atoms. The fraction of sp³-hybridized carbons (Fsp3) is 0.125. The summed E-state index contributed by atoms with van der Waals surface area (Å²) in [6, 6.07) is 12.9. The van der Waals surface area contributed by atoms with Crippen LogP contribution in [0.4, 0.5) is 0 Å². The van der Waals surface area contributed by atoms with E-state index in [9.17, 15) is 0 Å². The number of hydrogen-bond donors (Lipinski definition) is 2. The largest absolute Gasteiger partial charge is 0.345 e. The third-order valence-corrected chi connectivity index (χ3v) is 3.69. The van der Waals surface area contributed by atoms with Crippen LogP contribution in [0.15, 0.2) is 48.9 Å². The lowest BCUT2D eigenvalue weighted by atomic mass is 10.0. The molecule has 0 aliphatic carbocycles. The van der Waals surface area contributed by atoms with Crippen molar-refractivity contribution in [3.63, 3.8) is 0 Å². The third kappa shape index (κ3) is 1.95. The normalized spacial score (nSPS) is 11.4. The number of aromatic amines is 2. The summed E-state index contributed by atoms with van der Waals surface area (Å²) in [4.78, 5) is 7.39. The van der Waals surface area contributed by atoms with Crippen molar-refractivity contribution in [2.45, 2.75) is 12.8 Å². The molecule has 0 aliphatic rings. The molecule has 4 heteroatoms. The summed E-state index contributed by atoms with van der Waals surface area (Å²) in [7, 11) is 0. The van der Waals surface area contributed by atoms with Gasteiger partial charge in [0, 0.05) is 5.39 Å². The van der Waals surface area contributed by atoms with Gasteiger partial charge in [0.25, 0.3) is 0 Å². The van der Waals surface area contributed by atoms with Crippen molar-refractivity contribution in [2.24, 2.45) is 0 Å². The summed E-state index contributed by atoms with van der Waals surface area (Å²) in [5.74, 6) is 0. The number of benzene rings is 2.